The lowest BCUT2D eigenvalue weighted by Gasteiger charge is -2.32. The van der Waals surface area contributed by atoms with E-state index < -0.39 is 17.9 Å². The first kappa shape index (κ1) is 32.6. The molecule has 0 unspecified atom stereocenters. The first-order chi connectivity index (χ1) is 20.7. The molecule has 1 heterocycles. The molecule has 3 aromatic carbocycles. The van der Waals surface area contributed by atoms with Crippen molar-refractivity contribution in [1.29, 1.82) is 0 Å². The Labute approximate surface area is 263 Å². The molecule has 1 aliphatic rings. The van der Waals surface area contributed by atoms with Crippen LogP contribution in [0, 0.1) is 0 Å². The smallest absolute Gasteiger partial charge is 0.328 e. The van der Waals surface area contributed by atoms with Gasteiger partial charge in [0.05, 0.1) is 42.0 Å². The highest BCUT2D eigenvalue weighted by Crippen LogP contribution is 2.40. The summed E-state index contributed by atoms with van der Waals surface area (Å²) in [4.78, 5) is 30.7. The number of methoxy groups -OCH3 is 2. The maximum Gasteiger partial charge on any atom is 0.328 e. The van der Waals surface area contributed by atoms with Crippen LogP contribution in [0.1, 0.15) is 28.4 Å². The predicted octanol–water partition coefficient (Wildman–Crippen LogP) is 5.37. The average Bonchev–Trinajstić information content (AvgIpc) is 3.00. The van der Waals surface area contributed by atoms with Gasteiger partial charge in [-0.05, 0) is 61.3 Å². The number of amides is 1. The molecule has 4 rings (SSSR count). The lowest BCUT2D eigenvalue weighted by molar-refractivity contribution is -0.145. The Kier molecular flexibility index (Phi) is 11.7. The van der Waals surface area contributed by atoms with Gasteiger partial charge in [0.15, 0.2) is 0 Å². The fraction of sp³-hybridized carbons (Fsp3) is 0.394. The molecule has 1 aliphatic heterocycles. The maximum atomic E-state index is 13.0. The average molecular weight is 629 g/mol. The van der Waals surface area contributed by atoms with Crippen LogP contribution in [0.4, 0.5) is 0 Å². The van der Waals surface area contributed by atoms with Gasteiger partial charge < -0.3 is 29.3 Å². The van der Waals surface area contributed by atoms with E-state index in [9.17, 15) is 9.59 Å². The Bertz CT molecular complexity index is 1360. The number of halogens is 2. The van der Waals surface area contributed by atoms with Crippen LogP contribution in [0.5, 0.6) is 11.5 Å². The number of esters is 1. The zero-order valence-electron chi connectivity index (χ0n) is 25.1. The zero-order valence-corrected chi connectivity index (χ0v) is 26.6. The standard InChI is InChI=1S/C33H39Cl2N3O5/c1-5-43-33(40)27(36-32(39)31-25(34)7-6-8-26(31)35)19-22-9-11-24(12-10-22)30-28(41-3)20-23(21-29(30)42-4)13-14-38-17-15-37(2)16-18-38/h6-12,20-21,27H,5,13-19H2,1-4H3,(H,36,39)/t27-/m0/s1. The molecule has 0 radical (unpaired) electrons. The van der Waals surface area contributed by atoms with Crippen LogP contribution in [0.25, 0.3) is 11.1 Å². The molecule has 1 amide bonds. The number of carbonyl (C=O) groups excluding carboxylic acids is 2. The number of nitrogens with zero attached hydrogens (tertiary/aromatic N) is 2. The number of ether oxygens (including phenoxy) is 3. The number of piperazine rings is 1. The SMILES string of the molecule is CCOC(=O)[C@H](Cc1ccc(-c2c(OC)cc(CCN3CCN(C)CC3)cc2OC)cc1)NC(=O)c1c(Cl)cccc1Cl. The molecule has 1 saturated heterocycles. The maximum absolute atomic E-state index is 13.0. The minimum Gasteiger partial charge on any atom is -0.496 e. The Morgan fingerprint density at radius 3 is 2.07 bits per heavy atom. The largest absolute Gasteiger partial charge is 0.496 e. The fourth-order valence-corrected chi connectivity index (χ4v) is 5.75. The van der Waals surface area contributed by atoms with Crippen LogP contribution in [-0.4, -0.2) is 88.3 Å². The van der Waals surface area contributed by atoms with E-state index in [1.165, 1.54) is 0 Å². The molecule has 0 aromatic heterocycles. The normalized spacial score (nSPS) is 14.7. The molecule has 3 aromatic rings. The molecule has 1 N–H and O–H groups in total. The summed E-state index contributed by atoms with van der Waals surface area (Å²) in [6.45, 7) is 7.20. The summed E-state index contributed by atoms with van der Waals surface area (Å²) in [6.07, 6.45) is 1.11. The minimum absolute atomic E-state index is 0.113. The molecule has 0 saturated carbocycles. The van der Waals surface area contributed by atoms with Gasteiger partial charge in [-0.1, -0.05) is 53.5 Å². The topological polar surface area (TPSA) is 80.3 Å². The van der Waals surface area contributed by atoms with Gasteiger partial charge in [0.2, 0.25) is 0 Å². The van der Waals surface area contributed by atoms with Crippen LogP contribution >= 0.6 is 23.2 Å². The van der Waals surface area contributed by atoms with Crippen molar-refractivity contribution < 1.29 is 23.8 Å². The summed E-state index contributed by atoms with van der Waals surface area (Å²) < 4.78 is 16.9. The molecular weight excluding hydrogens is 589 g/mol. The third-order valence-corrected chi connectivity index (χ3v) is 8.26. The van der Waals surface area contributed by atoms with Gasteiger partial charge in [-0.2, -0.15) is 0 Å². The van der Waals surface area contributed by atoms with E-state index in [0.717, 1.165) is 72.9 Å². The molecule has 1 fully saturated rings. The van der Waals surface area contributed by atoms with E-state index in [1.807, 2.05) is 24.3 Å². The van der Waals surface area contributed by atoms with E-state index >= 15 is 0 Å². The highest BCUT2D eigenvalue weighted by molar-refractivity contribution is 6.39. The summed E-state index contributed by atoms with van der Waals surface area (Å²) in [5.74, 6) is 0.369. The van der Waals surface area contributed by atoms with Crippen LogP contribution < -0.4 is 14.8 Å². The molecule has 0 bridgehead atoms. The van der Waals surface area contributed by atoms with E-state index in [-0.39, 0.29) is 28.6 Å². The molecule has 230 valence electrons. The Hall–Kier alpha value is -3.30. The van der Waals surface area contributed by atoms with Crippen molar-refractivity contribution >= 4 is 35.1 Å². The predicted molar refractivity (Wildman–Crippen MR) is 171 cm³/mol. The van der Waals surface area contributed by atoms with Crippen molar-refractivity contribution in [2.24, 2.45) is 0 Å². The molecule has 43 heavy (non-hydrogen) atoms. The molecule has 10 heteroatoms. The summed E-state index contributed by atoms with van der Waals surface area (Å²) >= 11 is 12.4. The van der Waals surface area contributed by atoms with Crippen molar-refractivity contribution in [3.05, 3.63) is 81.3 Å². The second-order valence-corrected chi connectivity index (χ2v) is 11.4. The number of hydrogen-bond acceptors (Lipinski definition) is 7. The molecule has 0 aliphatic carbocycles. The lowest BCUT2D eigenvalue weighted by atomic mass is 9.97. The minimum atomic E-state index is -0.936. The van der Waals surface area contributed by atoms with Gasteiger partial charge in [-0.15, -0.1) is 0 Å². The number of rotatable bonds is 12. The highest BCUT2D eigenvalue weighted by Gasteiger charge is 2.26. The van der Waals surface area contributed by atoms with Crippen LogP contribution in [0.3, 0.4) is 0 Å². The molecule has 8 nitrogen and oxygen atoms in total. The monoisotopic (exact) mass is 627 g/mol. The van der Waals surface area contributed by atoms with Crippen molar-refractivity contribution in [3.63, 3.8) is 0 Å². The summed E-state index contributed by atoms with van der Waals surface area (Å²) in [5, 5.41) is 3.15. The lowest BCUT2D eigenvalue weighted by Crippen LogP contribution is -2.45. The van der Waals surface area contributed by atoms with E-state index in [2.05, 4.69) is 34.3 Å². The van der Waals surface area contributed by atoms with E-state index in [0.29, 0.717) is 0 Å². The van der Waals surface area contributed by atoms with Crippen molar-refractivity contribution in [2.75, 3.05) is 60.6 Å². The zero-order chi connectivity index (χ0) is 30.9. The third kappa shape index (κ3) is 8.42. The number of benzene rings is 3. The highest BCUT2D eigenvalue weighted by atomic mass is 35.5. The molecular formula is C33H39Cl2N3O5. The summed E-state index contributed by atoms with van der Waals surface area (Å²) in [6, 6.07) is 15.7. The van der Waals surface area contributed by atoms with Gasteiger partial charge in [0.25, 0.3) is 5.91 Å². The van der Waals surface area contributed by atoms with Gasteiger partial charge >= 0.3 is 5.97 Å². The molecule has 1 atom stereocenters. The number of likely N-dealkylation sites (N-methyl/N-ethyl adjacent to an activating group) is 1. The van der Waals surface area contributed by atoms with Crippen molar-refractivity contribution in [2.45, 2.75) is 25.8 Å². The first-order valence-electron chi connectivity index (χ1n) is 14.4. The van der Waals surface area contributed by atoms with Gasteiger partial charge in [-0.25, -0.2) is 4.79 Å². The van der Waals surface area contributed by atoms with E-state index in [4.69, 9.17) is 37.4 Å². The number of hydrogen-bond donors (Lipinski definition) is 1. The molecule has 0 spiro atoms. The van der Waals surface area contributed by atoms with Gasteiger partial charge in [0, 0.05) is 39.1 Å². The van der Waals surface area contributed by atoms with Gasteiger partial charge in [-0.3, -0.25) is 4.79 Å². The first-order valence-corrected chi connectivity index (χ1v) is 15.2. The second kappa shape index (κ2) is 15.4. The van der Waals surface area contributed by atoms with Crippen LogP contribution in [0.2, 0.25) is 10.0 Å². The van der Waals surface area contributed by atoms with Crippen molar-refractivity contribution in [3.8, 4) is 22.6 Å². The summed E-state index contributed by atoms with van der Waals surface area (Å²) in [5.41, 5.74) is 3.85. The van der Waals surface area contributed by atoms with Crippen molar-refractivity contribution in [1.82, 2.24) is 15.1 Å². The van der Waals surface area contributed by atoms with E-state index in [1.54, 1.807) is 39.3 Å². The van der Waals surface area contributed by atoms with Gasteiger partial charge in [0.1, 0.15) is 17.5 Å². The second-order valence-electron chi connectivity index (χ2n) is 10.5. The fourth-order valence-electron chi connectivity index (χ4n) is 5.18. The quantitative estimate of drug-likeness (QED) is 0.270. The number of nitrogens with one attached hydrogen (secondary N) is 1. The summed E-state index contributed by atoms with van der Waals surface area (Å²) in [7, 11) is 5.48. The Morgan fingerprint density at radius 1 is 0.907 bits per heavy atom. The number of carbonyl (C=O) groups is 2. The third-order valence-electron chi connectivity index (χ3n) is 7.63. The van der Waals surface area contributed by atoms with Crippen LogP contribution in [-0.2, 0) is 22.4 Å². The Morgan fingerprint density at radius 2 is 1.51 bits per heavy atom. The Balaban J connectivity index is 1.51. The van der Waals surface area contributed by atoms with Crippen LogP contribution in [0.15, 0.2) is 54.6 Å².